The molecule has 100 valence electrons. The molecule has 0 radical (unpaired) electrons. The molecule has 18 heavy (non-hydrogen) atoms. The Hall–Kier alpha value is -0.580. The molecule has 0 aromatic heterocycles. The van der Waals surface area contributed by atoms with E-state index in [-0.39, 0.29) is 12.1 Å². The summed E-state index contributed by atoms with van der Waals surface area (Å²) in [6.45, 7) is 0.166. The number of nitrogens with one attached hydrogen (secondary N) is 1. The van der Waals surface area contributed by atoms with Gasteiger partial charge >= 0.3 is 0 Å². The SMILES string of the molecule is COC1CCC(CO)(Nc2ccc(Br)cc2)CC1. The molecule has 0 amide bonds. The quantitative estimate of drug-likeness (QED) is 0.897. The monoisotopic (exact) mass is 313 g/mol. The van der Waals surface area contributed by atoms with E-state index in [1.807, 2.05) is 24.3 Å². The van der Waals surface area contributed by atoms with E-state index < -0.39 is 0 Å². The number of methoxy groups -OCH3 is 1. The van der Waals surface area contributed by atoms with Crippen LogP contribution in [0, 0.1) is 0 Å². The van der Waals surface area contributed by atoms with Gasteiger partial charge in [-0.3, -0.25) is 0 Å². The van der Waals surface area contributed by atoms with E-state index >= 15 is 0 Å². The number of halogens is 1. The summed E-state index contributed by atoms with van der Waals surface area (Å²) in [6.07, 6.45) is 4.23. The molecule has 2 N–H and O–H groups in total. The fourth-order valence-electron chi connectivity index (χ4n) is 2.54. The van der Waals surface area contributed by atoms with E-state index in [1.165, 1.54) is 0 Å². The van der Waals surface area contributed by atoms with E-state index in [4.69, 9.17) is 4.74 Å². The average Bonchev–Trinajstić information content (AvgIpc) is 2.42. The van der Waals surface area contributed by atoms with Gasteiger partial charge in [0.25, 0.3) is 0 Å². The summed E-state index contributed by atoms with van der Waals surface area (Å²) in [5.41, 5.74) is 0.867. The largest absolute Gasteiger partial charge is 0.394 e. The Morgan fingerprint density at radius 2 is 1.94 bits per heavy atom. The molecule has 1 aromatic carbocycles. The minimum absolute atomic E-state index is 0.166. The van der Waals surface area contributed by atoms with Crippen LogP contribution >= 0.6 is 15.9 Å². The maximum Gasteiger partial charge on any atom is 0.0661 e. The number of anilines is 1. The lowest BCUT2D eigenvalue weighted by Crippen LogP contribution is -2.46. The normalized spacial score (nSPS) is 28.1. The van der Waals surface area contributed by atoms with Crippen LogP contribution in [0.3, 0.4) is 0 Å². The van der Waals surface area contributed by atoms with Gasteiger partial charge in [0.1, 0.15) is 0 Å². The predicted octanol–water partition coefficient (Wildman–Crippen LogP) is 3.18. The number of aliphatic hydroxyl groups is 1. The molecular formula is C14H20BrNO2. The van der Waals surface area contributed by atoms with Crippen LogP contribution in [-0.4, -0.2) is 30.5 Å². The molecule has 0 saturated heterocycles. The zero-order valence-electron chi connectivity index (χ0n) is 10.7. The number of rotatable bonds is 4. The highest BCUT2D eigenvalue weighted by Gasteiger charge is 2.34. The molecule has 1 fully saturated rings. The first-order chi connectivity index (χ1) is 8.67. The maximum absolute atomic E-state index is 9.70. The first-order valence-corrected chi connectivity index (χ1v) is 7.14. The van der Waals surface area contributed by atoms with Crippen molar-refractivity contribution in [1.82, 2.24) is 0 Å². The lowest BCUT2D eigenvalue weighted by molar-refractivity contribution is 0.0411. The molecule has 1 saturated carbocycles. The molecule has 1 aromatic rings. The fourth-order valence-corrected chi connectivity index (χ4v) is 2.81. The fraction of sp³-hybridized carbons (Fsp3) is 0.571. The molecular weight excluding hydrogens is 294 g/mol. The molecule has 1 aliphatic carbocycles. The van der Waals surface area contributed by atoms with Gasteiger partial charge in [-0.15, -0.1) is 0 Å². The zero-order valence-corrected chi connectivity index (χ0v) is 12.2. The Morgan fingerprint density at radius 1 is 1.33 bits per heavy atom. The van der Waals surface area contributed by atoms with Crippen molar-refractivity contribution in [2.75, 3.05) is 19.0 Å². The standard InChI is InChI=1S/C14H20BrNO2/c1-18-13-6-8-14(10-17,9-7-13)16-12-4-2-11(15)3-5-12/h2-5,13,16-17H,6-10H2,1H3. The van der Waals surface area contributed by atoms with Gasteiger partial charge in [-0.25, -0.2) is 0 Å². The molecule has 0 atom stereocenters. The zero-order chi connectivity index (χ0) is 13.0. The van der Waals surface area contributed by atoms with Gasteiger partial charge in [-0.1, -0.05) is 15.9 Å². The molecule has 0 bridgehead atoms. The van der Waals surface area contributed by atoms with Crippen LogP contribution in [0.25, 0.3) is 0 Å². The van der Waals surface area contributed by atoms with Gasteiger partial charge in [0.05, 0.1) is 18.2 Å². The number of hydrogen-bond donors (Lipinski definition) is 2. The van der Waals surface area contributed by atoms with Crippen molar-refractivity contribution < 1.29 is 9.84 Å². The van der Waals surface area contributed by atoms with E-state index in [2.05, 4.69) is 21.2 Å². The van der Waals surface area contributed by atoms with Gasteiger partial charge in [0.15, 0.2) is 0 Å². The van der Waals surface area contributed by atoms with Gasteiger partial charge < -0.3 is 15.2 Å². The number of ether oxygens (including phenoxy) is 1. The second kappa shape index (κ2) is 6.04. The minimum atomic E-state index is -0.192. The molecule has 2 rings (SSSR count). The Bertz CT molecular complexity index is 372. The number of hydrogen-bond acceptors (Lipinski definition) is 3. The highest BCUT2D eigenvalue weighted by molar-refractivity contribution is 9.10. The molecule has 0 aliphatic heterocycles. The summed E-state index contributed by atoms with van der Waals surface area (Å²) in [4.78, 5) is 0. The van der Waals surface area contributed by atoms with E-state index in [1.54, 1.807) is 7.11 Å². The van der Waals surface area contributed by atoms with Crippen LogP contribution in [0.2, 0.25) is 0 Å². The van der Waals surface area contributed by atoms with E-state index in [0.717, 1.165) is 35.8 Å². The minimum Gasteiger partial charge on any atom is -0.394 e. The van der Waals surface area contributed by atoms with Crippen LogP contribution < -0.4 is 5.32 Å². The molecule has 4 heteroatoms. The molecule has 0 unspecified atom stereocenters. The Labute approximate surface area is 117 Å². The van der Waals surface area contributed by atoms with Crippen molar-refractivity contribution >= 4 is 21.6 Å². The van der Waals surface area contributed by atoms with Crippen LogP contribution in [0.15, 0.2) is 28.7 Å². The highest BCUT2D eigenvalue weighted by atomic mass is 79.9. The third-order valence-electron chi connectivity index (χ3n) is 3.78. The summed E-state index contributed by atoms with van der Waals surface area (Å²) in [5.74, 6) is 0. The van der Waals surface area contributed by atoms with Crippen LogP contribution in [0.4, 0.5) is 5.69 Å². The van der Waals surface area contributed by atoms with Gasteiger partial charge in [0, 0.05) is 17.3 Å². The second-order valence-corrected chi connectivity index (χ2v) is 5.92. The van der Waals surface area contributed by atoms with E-state index in [9.17, 15) is 5.11 Å². The Balaban J connectivity index is 2.03. The number of aliphatic hydroxyl groups excluding tert-OH is 1. The van der Waals surface area contributed by atoms with Crippen molar-refractivity contribution in [2.24, 2.45) is 0 Å². The van der Waals surface area contributed by atoms with Crippen molar-refractivity contribution in [2.45, 2.75) is 37.3 Å². The number of benzene rings is 1. The predicted molar refractivity (Wildman–Crippen MR) is 76.8 cm³/mol. The second-order valence-electron chi connectivity index (χ2n) is 5.01. The third kappa shape index (κ3) is 3.25. The first-order valence-electron chi connectivity index (χ1n) is 6.35. The lowest BCUT2D eigenvalue weighted by Gasteiger charge is -2.40. The van der Waals surface area contributed by atoms with Gasteiger partial charge in [0.2, 0.25) is 0 Å². The molecule has 0 heterocycles. The summed E-state index contributed by atoms with van der Waals surface area (Å²) in [7, 11) is 1.76. The smallest absolute Gasteiger partial charge is 0.0661 e. The highest BCUT2D eigenvalue weighted by Crippen LogP contribution is 2.32. The summed E-state index contributed by atoms with van der Waals surface area (Å²) in [5, 5.41) is 13.2. The van der Waals surface area contributed by atoms with Crippen molar-refractivity contribution in [3.63, 3.8) is 0 Å². The molecule has 0 spiro atoms. The van der Waals surface area contributed by atoms with Crippen LogP contribution in [-0.2, 0) is 4.74 Å². The Morgan fingerprint density at radius 3 is 2.44 bits per heavy atom. The topological polar surface area (TPSA) is 41.5 Å². The van der Waals surface area contributed by atoms with Gasteiger partial charge in [-0.05, 0) is 49.9 Å². The van der Waals surface area contributed by atoms with Crippen molar-refractivity contribution in [3.05, 3.63) is 28.7 Å². The summed E-state index contributed by atoms with van der Waals surface area (Å²) >= 11 is 3.42. The summed E-state index contributed by atoms with van der Waals surface area (Å²) < 4.78 is 6.44. The summed E-state index contributed by atoms with van der Waals surface area (Å²) in [6, 6.07) is 8.08. The van der Waals surface area contributed by atoms with Crippen LogP contribution in [0.1, 0.15) is 25.7 Å². The van der Waals surface area contributed by atoms with E-state index in [0.29, 0.717) is 6.10 Å². The first kappa shape index (κ1) is 13.8. The average molecular weight is 314 g/mol. The Kier molecular flexibility index (Phi) is 4.65. The maximum atomic E-state index is 9.70. The van der Waals surface area contributed by atoms with Crippen molar-refractivity contribution in [3.8, 4) is 0 Å². The van der Waals surface area contributed by atoms with Crippen LogP contribution in [0.5, 0.6) is 0 Å². The van der Waals surface area contributed by atoms with Crippen molar-refractivity contribution in [1.29, 1.82) is 0 Å². The van der Waals surface area contributed by atoms with Gasteiger partial charge in [-0.2, -0.15) is 0 Å². The molecule has 1 aliphatic rings. The molecule has 3 nitrogen and oxygen atoms in total. The third-order valence-corrected chi connectivity index (χ3v) is 4.31. The lowest BCUT2D eigenvalue weighted by atomic mass is 9.80.